The minimum atomic E-state index is -4.52. The van der Waals surface area contributed by atoms with Crippen molar-refractivity contribution in [3.05, 3.63) is 27.4 Å². The first-order valence-corrected chi connectivity index (χ1v) is 9.60. The number of aromatic nitrogens is 1. The molecule has 1 aromatic heterocycles. The van der Waals surface area contributed by atoms with Gasteiger partial charge in [-0.3, -0.25) is 9.89 Å². The summed E-state index contributed by atoms with van der Waals surface area (Å²) in [7, 11) is 1.28. The molecule has 1 N–H and O–H groups in total. The quantitative estimate of drug-likeness (QED) is 0.755. The van der Waals surface area contributed by atoms with Crippen molar-refractivity contribution in [2.45, 2.75) is 32.2 Å². The maximum atomic E-state index is 12.9. The maximum absolute atomic E-state index is 12.9. The molecule has 154 valence electrons. The lowest BCUT2D eigenvalue weighted by Gasteiger charge is -2.33. The standard InChI is InChI=1S/C17H21F3N4O3S/c1-9-6-24(4-5-27-9)7-11-13(16(25)26-3)10(2)21-14(22-11)15-23-12(8-28-15)17(18,19)20/h8-10H,4-7H2,1-3H3,(H,21,22)/t9-,10+/m1/s1. The molecule has 0 aliphatic carbocycles. The summed E-state index contributed by atoms with van der Waals surface area (Å²) in [6.07, 6.45) is -4.46. The molecule has 1 aromatic rings. The van der Waals surface area contributed by atoms with Crippen LogP contribution in [-0.4, -0.2) is 67.2 Å². The van der Waals surface area contributed by atoms with Gasteiger partial charge >= 0.3 is 12.1 Å². The number of amidine groups is 1. The minimum Gasteiger partial charge on any atom is -0.466 e. The number of hydrogen-bond acceptors (Lipinski definition) is 8. The van der Waals surface area contributed by atoms with Crippen molar-refractivity contribution < 1.29 is 27.4 Å². The fourth-order valence-electron chi connectivity index (χ4n) is 3.16. The molecule has 1 fully saturated rings. The summed E-state index contributed by atoms with van der Waals surface area (Å²) in [5.74, 6) is -0.300. The van der Waals surface area contributed by atoms with Gasteiger partial charge in [0.25, 0.3) is 0 Å². The van der Waals surface area contributed by atoms with Crippen molar-refractivity contribution in [3.8, 4) is 0 Å². The molecule has 0 radical (unpaired) electrons. The first-order chi connectivity index (χ1) is 13.2. The summed E-state index contributed by atoms with van der Waals surface area (Å²) in [5, 5.41) is 4.09. The van der Waals surface area contributed by atoms with Crippen molar-refractivity contribution in [3.63, 3.8) is 0 Å². The number of carbonyl (C=O) groups excluding carboxylic acids is 1. The molecule has 0 bridgehead atoms. The Kier molecular flexibility index (Phi) is 6.06. The smallest absolute Gasteiger partial charge is 0.434 e. The molecule has 1 saturated heterocycles. The Morgan fingerprint density at radius 2 is 2.21 bits per heavy atom. The fraction of sp³-hybridized carbons (Fsp3) is 0.588. The molecule has 3 heterocycles. The Hall–Kier alpha value is -1.98. The zero-order valence-corrected chi connectivity index (χ0v) is 16.5. The van der Waals surface area contributed by atoms with Gasteiger partial charge < -0.3 is 14.8 Å². The Bertz CT molecular complexity index is 806. The van der Waals surface area contributed by atoms with Crippen LogP contribution in [0.1, 0.15) is 24.5 Å². The molecule has 3 rings (SSSR count). The van der Waals surface area contributed by atoms with Gasteiger partial charge in [0.05, 0.1) is 31.4 Å². The fourth-order valence-corrected chi connectivity index (χ4v) is 3.94. The third-order valence-electron chi connectivity index (χ3n) is 4.44. The molecule has 28 heavy (non-hydrogen) atoms. The highest BCUT2D eigenvalue weighted by Gasteiger charge is 2.35. The number of nitrogens with one attached hydrogen (secondary N) is 1. The molecular weight excluding hydrogens is 397 g/mol. The van der Waals surface area contributed by atoms with Gasteiger partial charge in [-0.25, -0.2) is 9.78 Å². The Morgan fingerprint density at radius 3 is 2.82 bits per heavy atom. The molecular formula is C17H21F3N4O3S. The van der Waals surface area contributed by atoms with E-state index in [1.807, 2.05) is 6.92 Å². The second-order valence-electron chi connectivity index (χ2n) is 6.61. The number of methoxy groups -OCH3 is 1. The normalized spacial score (nSPS) is 24.0. The van der Waals surface area contributed by atoms with Crippen molar-refractivity contribution in [2.75, 3.05) is 33.4 Å². The first kappa shape index (κ1) is 20.7. The lowest BCUT2D eigenvalue weighted by molar-refractivity contribution is -0.140. The summed E-state index contributed by atoms with van der Waals surface area (Å²) in [6, 6.07) is -0.574. The Labute approximate surface area is 164 Å². The predicted octanol–water partition coefficient (Wildman–Crippen LogP) is 2.05. The van der Waals surface area contributed by atoms with E-state index in [1.165, 1.54) is 7.11 Å². The molecule has 0 saturated carbocycles. The van der Waals surface area contributed by atoms with Crippen LogP contribution < -0.4 is 5.32 Å². The molecule has 0 unspecified atom stereocenters. The number of esters is 1. The van der Waals surface area contributed by atoms with E-state index in [-0.39, 0.29) is 16.9 Å². The SMILES string of the molecule is COC(=O)C1=C(CN2CCO[C@H](C)C2)NC(c2nc(C(F)(F)F)cs2)=N[C@H]1C. The van der Waals surface area contributed by atoms with Crippen molar-refractivity contribution in [1.82, 2.24) is 15.2 Å². The van der Waals surface area contributed by atoms with E-state index >= 15 is 0 Å². The number of halogens is 3. The number of aliphatic imine (C=N–C) groups is 1. The van der Waals surface area contributed by atoms with E-state index < -0.39 is 23.9 Å². The van der Waals surface area contributed by atoms with E-state index in [0.29, 0.717) is 37.5 Å². The lowest BCUT2D eigenvalue weighted by atomic mass is 10.0. The van der Waals surface area contributed by atoms with Gasteiger partial charge in [0, 0.05) is 30.7 Å². The van der Waals surface area contributed by atoms with Gasteiger partial charge in [-0.2, -0.15) is 13.2 Å². The van der Waals surface area contributed by atoms with E-state index in [0.717, 1.165) is 16.7 Å². The average molecular weight is 418 g/mol. The van der Waals surface area contributed by atoms with Gasteiger partial charge in [0.1, 0.15) is 0 Å². The largest absolute Gasteiger partial charge is 0.466 e. The summed E-state index contributed by atoms with van der Waals surface area (Å²) < 4.78 is 49.0. The predicted molar refractivity (Wildman–Crippen MR) is 97.1 cm³/mol. The third kappa shape index (κ3) is 4.53. The van der Waals surface area contributed by atoms with E-state index in [2.05, 4.69) is 20.2 Å². The second kappa shape index (κ2) is 8.18. The summed E-state index contributed by atoms with van der Waals surface area (Å²) >= 11 is 0.852. The molecule has 0 aromatic carbocycles. The Balaban J connectivity index is 1.87. The number of nitrogens with zero attached hydrogens (tertiary/aromatic N) is 3. The van der Waals surface area contributed by atoms with Crippen LogP contribution in [0.4, 0.5) is 13.2 Å². The lowest BCUT2D eigenvalue weighted by Crippen LogP contribution is -2.46. The van der Waals surface area contributed by atoms with Crippen molar-refractivity contribution in [2.24, 2.45) is 4.99 Å². The van der Waals surface area contributed by atoms with Gasteiger partial charge in [-0.05, 0) is 13.8 Å². The van der Waals surface area contributed by atoms with Crippen molar-refractivity contribution in [1.29, 1.82) is 0 Å². The van der Waals surface area contributed by atoms with Crippen LogP contribution in [0.2, 0.25) is 0 Å². The van der Waals surface area contributed by atoms with E-state index in [9.17, 15) is 18.0 Å². The van der Waals surface area contributed by atoms with Crippen LogP contribution in [0.25, 0.3) is 0 Å². The number of ether oxygens (including phenoxy) is 2. The molecule has 2 aliphatic rings. The Morgan fingerprint density at radius 1 is 1.46 bits per heavy atom. The number of morpholine rings is 1. The molecule has 2 aliphatic heterocycles. The van der Waals surface area contributed by atoms with Crippen LogP contribution in [0, 0.1) is 0 Å². The zero-order valence-electron chi connectivity index (χ0n) is 15.7. The zero-order chi connectivity index (χ0) is 20.5. The van der Waals surface area contributed by atoms with Crippen LogP contribution in [-0.2, 0) is 20.4 Å². The van der Waals surface area contributed by atoms with Crippen LogP contribution >= 0.6 is 11.3 Å². The number of hydrogen-bond donors (Lipinski definition) is 1. The first-order valence-electron chi connectivity index (χ1n) is 8.72. The summed E-state index contributed by atoms with van der Waals surface area (Å²) in [4.78, 5) is 22.4. The highest BCUT2D eigenvalue weighted by Crippen LogP contribution is 2.31. The highest BCUT2D eigenvalue weighted by molar-refractivity contribution is 7.11. The molecule has 0 spiro atoms. The highest BCUT2D eigenvalue weighted by atomic mass is 32.1. The van der Waals surface area contributed by atoms with Gasteiger partial charge in [-0.1, -0.05) is 0 Å². The van der Waals surface area contributed by atoms with Crippen LogP contribution in [0.5, 0.6) is 0 Å². The maximum Gasteiger partial charge on any atom is 0.434 e. The second-order valence-corrected chi connectivity index (χ2v) is 7.47. The third-order valence-corrected chi connectivity index (χ3v) is 5.29. The van der Waals surface area contributed by atoms with E-state index in [1.54, 1.807) is 6.92 Å². The number of alkyl halides is 3. The van der Waals surface area contributed by atoms with Crippen LogP contribution in [0.15, 0.2) is 21.6 Å². The minimum absolute atomic E-state index is 0.0541. The molecule has 11 heteroatoms. The van der Waals surface area contributed by atoms with Crippen molar-refractivity contribution >= 4 is 23.1 Å². The average Bonchev–Trinajstić information content (AvgIpc) is 3.11. The van der Waals surface area contributed by atoms with E-state index in [4.69, 9.17) is 9.47 Å². The van der Waals surface area contributed by atoms with Gasteiger partial charge in [0.2, 0.25) is 0 Å². The monoisotopic (exact) mass is 418 g/mol. The van der Waals surface area contributed by atoms with Crippen LogP contribution in [0.3, 0.4) is 0 Å². The van der Waals surface area contributed by atoms with Gasteiger partial charge in [-0.15, -0.1) is 11.3 Å². The number of carbonyl (C=O) groups is 1. The van der Waals surface area contributed by atoms with Gasteiger partial charge in [0.15, 0.2) is 16.5 Å². The topological polar surface area (TPSA) is 76.0 Å². The summed E-state index contributed by atoms with van der Waals surface area (Å²) in [6.45, 7) is 5.99. The molecule has 7 nitrogen and oxygen atoms in total. The summed E-state index contributed by atoms with van der Waals surface area (Å²) in [5.41, 5.74) is -0.0452. The number of thiazole rings is 1. The number of rotatable bonds is 4. The molecule has 2 atom stereocenters. The molecule has 0 amide bonds.